The molecule has 1 saturated heterocycles. The number of nitrogens with zero attached hydrogens (tertiary/aromatic N) is 1. The van der Waals surface area contributed by atoms with Gasteiger partial charge < -0.3 is 14.6 Å². The van der Waals surface area contributed by atoms with Gasteiger partial charge in [-0.3, -0.25) is 4.79 Å². The minimum absolute atomic E-state index is 0.172. The molecule has 0 saturated carbocycles. The molecular formula is C14H19F3N2O2. The van der Waals surface area contributed by atoms with Crippen molar-refractivity contribution in [3.8, 4) is 0 Å². The van der Waals surface area contributed by atoms with E-state index in [1.54, 1.807) is 12.1 Å². The molecule has 4 nitrogen and oxygen atoms in total. The Balaban J connectivity index is 2.19. The lowest BCUT2D eigenvalue weighted by Crippen LogP contribution is -2.55. The summed E-state index contributed by atoms with van der Waals surface area (Å²) in [4.78, 5) is 13.5. The van der Waals surface area contributed by atoms with Crippen molar-refractivity contribution in [2.45, 2.75) is 44.4 Å². The largest absolute Gasteiger partial charge is 0.467 e. The summed E-state index contributed by atoms with van der Waals surface area (Å²) in [5.41, 5.74) is -0.877. The van der Waals surface area contributed by atoms with Crippen molar-refractivity contribution in [2.75, 3.05) is 13.1 Å². The normalized spacial score (nSPS) is 22.5. The first kappa shape index (κ1) is 15.9. The number of hydrogen-bond acceptors (Lipinski definition) is 3. The van der Waals surface area contributed by atoms with Crippen LogP contribution >= 0.6 is 0 Å². The number of rotatable bonds is 5. The molecule has 2 heterocycles. The Bertz CT molecular complexity index is 465. The van der Waals surface area contributed by atoms with Gasteiger partial charge in [0.15, 0.2) is 0 Å². The van der Waals surface area contributed by atoms with Crippen LogP contribution in [0.2, 0.25) is 0 Å². The quantitative estimate of drug-likeness (QED) is 0.910. The van der Waals surface area contributed by atoms with E-state index in [-0.39, 0.29) is 6.54 Å². The van der Waals surface area contributed by atoms with Crippen LogP contribution in [0.1, 0.15) is 31.9 Å². The molecule has 1 aromatic heterocycles. The molecule has 0 radical (unpaired) electrons. The molecule has 1 aliphatic rings. The Hall–Kier alpha value is -1.50. The van der Waals surface area contributed by atoms with Gasteiger partial charge in [-0.1, -0.05) is 6.92 Å². The number of alkyl halides is 3. The van der Waals surface area contributed by atoms with Crippen molar-refractivity contribution in [1.82, 2.24) is 10.2 Å². The van der Waals surface area contributed by atoms with Gasteiger partial charge in [-0.2, -0.15) is 13.2 Å². The van der Waals surface area contributed by atoms with Gasteiger partial charge in [0, 0.05) is 0 Å². The van der Waals surface area contributed by atoms with Gasteiger partial charge in [-0.05, 0) is 37.9 Å². The monoisotopic (exact) mass is 304 g/mol. The molecule has 118 valence electrons. The molecule has 1 aromatic rings. The number of carbonyl (C=O) groups is 1. The van der Waals surface area contributed by atoms with Crippen molar-refractivity contribution in [1.29, 1.82) is 0 Å². The Labute approximate surface area is 121 Å². The van der Waals surface area contributed by atoms with Gasteiger partial charge in [0.25, 0.3) is 0 Å². The molecule has 21 heavy (non-hydrogen) atoms. The van der Waals surface area contributed by atoms with Crippen molar-refractivity contribution in [3.05, 3.63) is 24.2 Å². The maximum atomic E-state index is 12.8. The van der Waals surface area contributed by atoms with Crippen molar-refractivity contribution >= 4 is 5.91 Å². The van der Waals surface area contributed by atoms with E-state index in [1.807, 2.05) is 6.92 Å². The summed E-state index contributed by atoms with van der Waals surface area (Å²) in [5, 5.41) is 3.08. The van der Waals surface area contributed by atoms with Crippen LogP contribution < -0.4 is 5.32 Å². The van der Waals surface area contributed by atoms with E-state index in [0.717, 1.165) is 11.3 Å². The summed E-state index contributed by atoms with van der Waals surface area (Å²) in [7, 11) is 0. The molecule has 1 unspecified atom stereocenters. The van der Waals surface area contributed by atoms with E-state index in [9.17, 15) is 18.0 Å². The average Bonchev–Trinajstić information content (AvgIpc) is 3.07. The Morgan fingerprint density at radius 1 is 1.52 bits per heavy atom. The summed E-state index contributed by atoms with van der Waals surface area (Å²) in [6, 6.07) is 3.16. The van der Waals surface area contributed by atoms with Crippen LogP contribution in [0.5, 0.6) is 0 Å². The lowest BCUT2D eigenvalue weighted by Gasteiger charge is -2.34. The highest BCUT2D eigenvalue weighted by molar-refractivity contribution is 5.86. The first-order valence-corrected chi connectivity index (χ1v) is 7.00. The standard InChI is InChI=1S/C14H19F3N2O2/c1-2-13(6-4-7-18-13)12(20)19(10-14(15,16)17)9-11-5-3-8-21-11/h3,5,8,18H,2,4,6-7,9-10H2,1H3. The summed E-state index contributed by atoms with van der Waals surface area (Å²) in [6.45, 7) is 1.03. The second-order valence-corrected chi connectivity index (χ2v) is 5.32. The van der Waals surface area contributed by atoms with Gasteiger partial charge in [0.05, 0.1) is 18.3 Å². The summed E-state index contributed by atoms with van der Waals surface area (Å²) >= 11 is 0. The summed E-state index contributed by atoms with van der Waals surface area (Å²) in [5.74, 6) is -0.159. The van der Waals surface area contributed by atoms with E-state index in [2.05, 4.69) is 5.32 Å². The van der Waals surface area contributed by atoms with Gasteiger partial charge in [-0.15, -0.1) is 0 Å². The lowest BCUT2D eigenvalue weighted by molar-refractivity contribution is -0.167. The Morgan fingerprint density at radius 3 is 2.76 bits per heavy atom. The van der Waals surface area contributed by atoms with E-state index in [1.165, 1.54) is 6.26 Å². The fourth-order valence-electron chi connectivity index (χ4n) is 2.75. The molecule has 0 bridgehead atoms. The first-order chi connectivity index (χ1) is 9.86. The van der Waals surface area contributed by atoms with E-state index in [0.29, 0.717) is 25.1 Å². The predicted octanol–water partition coefficient (Wildman–Crippen LogP) is 2.70. The molecule has 7 heteroatoms. The molecule has 1 atom stereocenters. The summed E-state index contributed by atoms with van der Waals surface area (Å²) < 4.78 is 43.4. The molecule has 0 aliphatic carbocycles. The zero-order chi connectivity index (χ0) is 15.5. The molecule has 0 aromatic carbocycles. The van der Waals surface area contributed by atoms with E-state index in [4.69, 9.17) is 4.42 Å². The van der Waals surface area contributed by atoms with Crippen LogP contribution in [0.3, 0.4) is 0 Å². The number of halogens is 3. The third-order valence-electron chi connectivity index (χ3n) is 3.84. The topological polar surface area (TPSA) is 45.5 Å². The minimum Gasteiger partial charge on any atom is -0.467 e. The molecule has 1 amide bonds. The minimum atomic E-state index is -4.43. The molecular weight excluding hydrogens is 285 g/mol. The highest BCUT2D eigenvalue weighted by Crippen LogP contribution is 2.28. The van der Waals surface area contributed by atoms with Gasteiger partial charge >= 0.3 is 6.18 Å². The third-order valence-corrected chi connectivity index (χ3v) is 3.84. The molecule has 0 spiro atoms. The first-order valence-electron chi connectivity index (χ1n) is 7.00. The SMILES string of the molecule is CCC1(C(=O)N(Cc2ccco2)CC(F)(F)F)CCCN1. The highest BCUT2D eigenvalue weighted by Gasteiger charge is 2.44. The van der Waals surface area contributed by atoms with Crippen LogP contribution in [0.4, 0.5) is 13.2 Å². The Morgan fingerprint density at radius 2 is 2.29 bits per heavy atom. The van der Waals surface area contributed by atoms with Crippen LogP contribution in [0.15, 0.2) is 22.8 Å². The molecule has 2 rings (SSSR count). The number of nitrogens with one attached hydrogen (secondary N) is 1. The Kier molecular flexibility index (Phi) is 4.61. The predicted molar refractivity (Wildman–Crippen MR) is 70.4 cm³/mol. The average molecular weight is 304 g/mol. The maximum Gasteiger partial charge on any atom is 0.406 e. The second kappa shape index (κ2) is 6.09. The highest BCUT2D eigenvalue weighted by atomic mass is 19.4. The van der Waals surface area contributed by atoms with Crippen LogP contribution in [-0.2, 0) is 11.3 Å². The van der Waals surface area contributed by atoms with Crippen molar-refractivity contribution in [2.24, 2.45) is 0 Å². The zero-order valence-electron chi connectivity index (χ0n) is 11.9. The molecule has 1 aliphatic heterocycles. The van der Waals surface area contributed by atoms with Crippen LogP contribution in [0.25, 0.3) is 0 Å². The lowest BCUT2D eigenvalue weighted by atomic mass is 9.92. The maximum absolute atomic E-state index is 12.8. The van der Waals surface area contributed by atoms with Crippen molar-refractivity contribution < 1.29 is 22.4 Å². The number of amides is 1. The fourth-order valence-corrected chi connectivity index (χ4v) is 2.75. The van der Waals surface area contributed by atoms with Crippen LogP contribution in [-0.4, -0.2) is 35.6 Å². The second-order valence-electron chi connectivity index (χ2n) is 5.32. The number of carbonyl (C=O) groups excluding carboxylic acids is 1. The van der Waals surface area contributed by atoms with Crippen molar-refractivity contribution in [3.63, 3.8) is 0 Å². The zero-order valence-corrected chi connectivity index (χ0v) is 11.9. The third kappa shape index (κ3) is 3.78. The molecule has 1 fully saturated rings. The fraction of sp³-hybridized carbons (Fsp3) is 0.643. The van der Waals surface area contributed by atoms with Crippen LogP contribution in [0, 0.1) is 0 Å². The molecule has 1 N–H and O–H groups in total. The van der Waals surface area contributed by atoms with E-state index < -0.39 is 24.2 Å². The number of furan rings is 1. The van der Waals surface area contributed by atoms with Gasteiger partial charge in [-0.25, -0.2) is 0 Å². The summed E-state index contributed by atoms with van der Waals surface area (Å²) in [6.07, 6.45) is -1.22. The number of hydrogen-bond donors (Lipinski definition) is 1. The van der Waals surface area contributed by atoms with E-state index >= 15 is 0 Å². The van der Waals surface area contributed by atoms with Gasteiger partial charge in [0.1, 0.15) is 12.3 Å². The van der Waals surface area contributed by atoms with Gasteiger partial charge in [0.2, 0.25) is 5.91 Å². The smallest absolute Gasteiger partial charge is 0.406 e.